The van der Waals surface area contributed by atoms with E-state index in [0.29, 0.717) is 5.92 Å². The molecule has 1 aromatic carbocycles. The molecule has 0 bridgehead atoms. The Morgan fingerprint density at radius 2 is 1.61 bits per heavy atom. The first-order chi connectivity index (χ1) is 10.9. The number of benzene rings is 1. The average Bonchev–Trinajstić information content (AvgIpc) is 2.95. The van der Waals surface area contributed by atoms with Crippen LogP contribution < -0.4 is 10.6 Å². The van der Waals surface area contributed by atoms with Gasteiger partial charge >= 0.3 is 0 Å². The number of nitrogens with one attached hydrogen (secondary N) is 2. The highest BCUT2D eigenvalue weighted by Gasteiger charge is 2.16. The molecule has 2 N–H and O–H groups in total. The Hall–Kier alpha value is -2.14. The van der Waals surface area contributed by atoms with Crippen molar-refractivity contribution < 1.29 is 9.59 Å². The Labute approximate surface area is 140 Å². The SMILES string of the molecule is CC(=O)Nc1ccc([C@@H](C)C(=O)Nc2ccc(C(C)C)s2)cc1. The summed E-state index contributed by atoms with van der Waals surface area (Å²) in [5, 5.41) is 6.56. The molecule has 122 valence electrons. The number of carbonyl (C=O) groups excluding carboxylic acids is 2. The molecule has 0 radical (unpaired) electrons. The Morgan fingerprint density at radius 1 is 0.957 bits per heavy atom. The van der Waals surface area contributed by atoms with E-state index in [1.54, 1.807) is 11.3 Å². The van der Waals surface area contributed by atoms with Crippen molar-refractivity contribution in [3.05, 3.63) is 46.8 Å². The Kier molecular flexibility index (Phi) is 5.55. The van der Waals surface area contributed by atoms with Gasteiger partial charge in [0.25, 0.3) is 0 Å². The highest BCUT2D eigenvalue weighted by molar-refractivity contribution is 7.16. The van der Waals surface area contributed by atoms with E-state index in [2.05, 4.69) is 30.5 Å². The molecule has 0 aliphatic heterocycles. The van der Waals surface area contributed by atoms with Gasteiger partial charge in [0.1, 0.15) is 0 Å². The molecule has 1 aromatic heterocycles. The van der Waals surface area contributed by atoms with E-state index in [1.807, 2.05) is 37.3 Å². The van der Waals surface area contributed by atoms with E-state index < -0.39 is 0 Å². The van der Waals surface area contributed by atoms with Crippen LogP contribution in [0.15, 0.2) is 36.4 Å². The second-order valence-electron chi connectivity index (χ2n) is 5.87. The van der Waals surface area contributed by atoms with E-state index in [-0.39, 0.29) is 17.7 Å². The van der Waals surface area contributed by atoms with Crippen LogP contribution in [-0.2, 0) is 9.59 Å². The molecule has 1 atom stereocenters. The van der Waals surface area contributed by atoms with Crippen molar-refractivity contribution in [3.8, 4) is 0 Å². The van der Waals surface area contributed by atoms with E-state index in [0.717, 1.165) is 16.3 Å². The van der Waals surface area contributed by atoms with Crippen molar-refractivity contribution in [1.29, 1.82) is 0 Å². The van der Waals surface area contributed by atoms with E-state index >= 15 is 0 Å². The topological polar surface area (TPSA) is 58.2 Å². The predicted molar refractivity (Wildman–Crippen MR) is 96.2 cm³/mol. The third-order valence-electron chi connectivity index (χ3n) is 3.57. The highest BCUT2D eigenvalue weighted by atomic mass is 32.1. The van der Waals surface area contributed by atoms with Gasteiger partial charge in [-0.15, -0.1) is 11.3 Å². The molecule has 23 heavy (non-hydrogen) atoms. The van der Waals surface area contributed by atoms with Crippen LogP contribution in [0.1, 0.15) is 50.0 Å². The van der Waals surface area contributed by atoms with Crippen molar-refractivity contribution in [3.63, 3.8) is 0 Å². The normalized spacial score (nSPS) is 12.0. The van der Waals surface area contributed by atoms with Crippen LogP contribution in [-0.4, -0.2) is 11.8 Å². The molecule has 0 aliphatic rings. The van der Waals surface area contributed by atoms with E-state index in [9.17, 15) is 9.59 Å². The summed E-state index contributed by atoms with van der Waals surface area (Å²) in [7, 11) is 0. The van der Waals surface area contributed by atoms with Gasteiger partial charge in [-0.2, -0.15) is 0 Å². The van der Waals surface area contributed by atoms with Crippen LogP contribution in [0, 0.1) is 0 Å². The lowest BCUT2D eigenvalue weighted by molar-refractivity contribution is -0.117. The van der Waals surface area contributed by atoms with Crippen LogP contribution in [0.2, 0.25) is 0 Å². The molecule has 2 aromatic rings. The third-order valence-corrected chi connectivity index (χ3v) is 4.87. The molecule has 5 heteroatoms. The number of amides is 2. The molecule has 4 nitrogen and oxygen atoms in total. The quantitative estimate of drug-likeness (QED) is 0.843. The van der Waals surface area contributed by atoms with Gasteiger partial charge in [-0.05, 0) is 42.7 Å². The highest BCUT2D eigenvalue weighted by Crippen LogP contribution is 2.29. The zero-order valence-electron chi connectivity index (χ0n) is 13.8. The number of carbonyl (C=O) groups is 2. The second-order valence-corrected chi connectivity index (χ2v) is 6.99. The van der Waals surface area contributed by atoms with Gasteiger partial charge in [-0.25, -0.2) is 0 Å². The van der Waals surface area contributed by atoms with Gasteiger partial charge in [0.05, 0.1) is 10.9 Å². The minimum absolute atomic E-state index is 0.0329. The molecule has 0 spiro atoms. The van der Waals surface area contributed by atoms with Crippen molar-refractivity contribution in [1.82, 2.24) is 0 Å². The Balaban J connectivity index is 2.02. The van der Waals surface area contributed by atoms with Crippen LogP contribution in [0.3, 0.4) is 0 Å². The third kappa shape index (κ3) is 4.66. The molecular formula is C18H22N2O2S. The van der Waals surface area contributed by atoms with Crippen LogP contribution >= 0.6 is 11.3 Å². The van der Waals surface area contributed by atoms with Crippen molar-refractivity contribution in [2.24, 2.45) is 0 Å². The summed E-state index contributed by atoms with van der Waals surface area (Å²) < 4.78 is 0. The van der Waals surface area contributed by atoms with Crippen LogP contribution in [0.5, 0.6) is 0 Å². The fourth-order valence-corrected chi connectivity index (χ4v) is 3.08. The lowest BCUT2D eigenvalue weighted by Gasteiger charge is -2.12. The maximum absolute atomic E-state index is 12.4. The standard InChI is InChI=1S/C18H22N2O2S/c1-11(2)16-9-10-17(23-16)20-18(22)12(3)14-5-7-15(8-6-14)19-13(4)21/h5-12H,1-4H3,(H,19,21)(H,20,22)/t12-/m1/s1. The molecule has 2 amide bonds. The number of hydrogen-bond acceptors (Lipinski definition) is 3. The maximum atomic E-state index is 12.4. The van der Waals surface area contributed by atoms with Gasteiger partial charge in [0.2, 0.25) is 11.8 Å². The smallest absolute Gasteiger partial charge is 0.232 e. The van der Waals surface area contributed by atoms with Gasteiger partial charge in [-0.3, -0.25) is 9.59 Å². The maximum Gasteiger partial charge on any atom is 0.232 e. The lowest BCUT2D eigenvalue weighted by atomic mass is 10.00. The molecule has 0 fully saturated rings. The summed E-state index contributed by atoms with van der Waals surface area (Å²) in [6, 6.07) is 11.3. The zero-order valence-corrected chi connectivity index (χ0v) is 14.7. The fraction of sp³-hybridized carbons (Fsp3) is 0.333. The van der Waals surface area contributed by atoms with E-state index in [4.69, 9.17) is 0 Å². The molecule has 0 saturated heterocycles. The average molecular weight is 330 g/mol. The first kappa shape index (κ1) is 17.2. The predicted octanol–water partition coefficient (Wildman–Crippen LogP) is 4.57. The van der Waals surface area contributed by atoms with Crippen LogP contribution in [0.25, 0.3) is 0 Å². The van der Waals surface area contributed by atoms with Crippen molar-refractivity contribution in [2.75, 3.05) is 10.6 Å². The molecular weight excluding hydrogens is 308 g/mol. The molecule has 2 rings (SSSR count). The minimum Gasteiger partial charge on any atom is -0.326 e. The van der Waals surface area contributed by atoms with Gasteiger partial charge < -0.3 is 10.6 Å². The number of anilines is 2. The Bertz CT molecular complexity index is 689. The first-order valence-corrected chi connectivity index (χ1v) is 8.46. The monoisotopic (exact) mass is 330 g/mol. The molecule has 1 heterocycles. The number of rotatable bonds is 5. The van der Waals surface area contributed by atoms with Gasteiger partial charge in [0.15, 0.2) is 0 Å². The summed E-state index contributed by atoms with van der Waals surface area (Å²) in [5.41, 5.74) is 1.64. The van der Waals surface area contributed by atoms with Crippen molar-refractivity contribution in [2.45, 2.75) is 39.5 Å². The summed E-state index contributed by atoms with van der Waals surface area (Å²) >= 11 is 1.61. The summed E-state index contributed by atoms with van der Waals surface area (Å²) in [5.74, 6) is 0.0620. The molecule has 0 unspecified atom stereocenters. The summed E-state index contributed by atoms with van der Waals surface area (Å²) in [4.78, 5) is 24.7. The summed E-state index contributed by atoms with van der Waals surface area (Å²) in [6.45, 7) is 7.61. The van der Waals surface area contributed by atoms with Crippen LogP contribution in [0.4, 0.5) is 10.7 Å². The van der Waals surface area contributed by atoms with Gasteiger partial charge in [0, 0.05) is 17.5 Å². The second kappa shape index (κ2) is 7.42. The fourth-order valence-electron chi connectivity index (χ4n) is 2.17. The minimum atomic E-state index is -0.258. The Morgan fingerprint density at radius 3 is 2.13 bits per heavy atom. The zero-order chi connectivity index (χ0) is 17.0. The lowest BCUT2D eigenvalue weighted by Crippen LogP contribution is -2.18. The first-order valence-electron chi connectivity index (χ1n) is 7.65. The van der Waals surface area contributed by atoms with Crippen molar-refractivity contribution >= 4 is 33.8 Å². The summed E-state index contributed by atoms with van der Waals surface area (Å²) in [6.07, 6.45) is 0. The van der Waals surface area contributed by atoms with Gasteiger partial charge in [-0.1, -0.05) is 26.0 Å². The number of thiophene rings is 1. The molecule has 0 aliphatic carbocycles. The van der Waals surface area contributed by atoms with E-state index in [1.165, 1.54) is 11.8 Å². The largest absolute Gasteiger partial charge is 0.326 e. The molecule has 0 saturated carbocycles. The number of hydrogen-bond donors (Lipinski definition) is 2.